The molecule has 0 unspecified atom stereocenters. The number of thioether (sulfide) groups is 1. The Bertz CT molecular complexity index is 941. The number of benzene rings is 2. The minimum atomic E-state index is -0.424. The van der Waals surface area contributed by atoms with E-state index in [0.29, 0.717) is 29.4 Å². The summed E-state index contributed by atoms with van der Waals surface area (Å²) in [7, 11) is 3.02. The number of aromatic nitrogens is 2. The molecule has 0 spiro atoms. The van der Waals surface area contributed by atoms with Gasteiger partial charge in [0.2, 0.25) is 5.89 Å². The van der Waals surface area contributed by atoms with Crippen LogP contribution in [0.1, 0.15) is 28.7 Å². The fraction of sp³-hybridized carbons (Fsp3) is 0.250. The Morgan fingerprint density at radius 1 is 1.11 bits per heavy atom. The van der Waals surface area contributed by atoms with Gasteiger partial charge < -0.3 is 13.9 Å². The van der Waals surface area contributed by atoms with Crippen molar-refractivity contribution in [1.29, 1.82) is 0 Å². The molecule has 0 radical (unpaired) electrons. The lowest BCUT2D eigenvalue weighted by molar-refractivity contribution is 0.102. The largest absolute Gasteiger partial charge is 0.497 e. The van der Waals surface area contributed by atoms with Crippen LogP contribution in [0.3, 0.4) is 0 Å². The maximum Gasteiger partial charge on any atom is 0.322 e. The van der Waals surface area contributed by atoms with Crippen LogP contribution in [0, 0.1) is 0 Å². The number of hydrogen-bond acceptors (Lipinski definition) is 7. The number of anilines is 1. The van der Waals surface area contributed by atoms with E-state index in [1.165, 1.54) is 19.1 Å². The summed E-state index contributed by atoms with van der Waals surface area (Å²) >= 11 is 1.79. The molecule has 3 rings (SSSR count). The first kappa shape index (κ1) is 19.8. The molecule has 0 saturated heterocycles. The van der Waals surface area contributed by atoms with E-state index in [1.54, 1.807) is 30.0 Å². The highest BCUT2D eigenvalue weighted by molar-refractivity contribution is 7.99. The highest BCUT2D eigenvalue weighted by Gasteiger charge is 2.17. The van der Waals surface area contributed by atoms with Crippen molar-refractivity contribution in [1.82, 2.24) is 10.2 Å². The number of carbonyl (C=O) groups is 1. The van der Waals surface area contributed by atoms with Gasteiger partial charge in [0.05, 0.1) is 26.2 Å². The van der Waals surface area contributed by atoms with Crippen molar-refractivity contribution < 1.29 is 18.7 Å². The first-order valence-electron chi connectivity index (χ1n) is 8.70. The van der Waals surface area contributed by atoms with Gasteiger partial charge in [0.1, 0.15) is 11.5 Å². The number of nitrogens with one attached hydrogen (secondary N) is 1. The van der Waals surface area contributed by atoms with E-state index in [2.05, 4.69) is 34.6 Å². The Labute approximate surface area is 167 Å². The zero-order valence-electron chi connectivity index (χ0n) is 15.9. The van der Waals surface area contributed by atoms with Crippen LogP contribution in [0.2, 0.25) is 0 Å². The Morgan fingerprint density at radius 2 is 1.89 bits per heavy atom. The van der Waals surface area contributed by atoms with Gasteiger partial charge in [0.15, 0.2) is 0 Å². The summed E-state index contributed by atoms with van der Waals surface area (Å²) in [4.78, 5) is 13.8. The van der Waals surface area contributed by atoms with Crippen LogP contribution in [0.25, 0.3) is 0 Å². The van der Waals surface area contributed by atoms with E-state index in [-0.39, 0.29) is 6.01 Å². The zero-order valence-corrected chi connectivity index (χ0v) is 16.7. The van der Waals surface area contributed by atoms with Gasteiger partial charge in [-0.2, -0.15) is 0 Å². The quantitative estimate of drug-likeness (QED) is 0.572. The summed E-state index contributed by atoms with van der Waals surface area (Å²) in [6, 6.07) is 13.2. The molecular weight excluding hydrogens is 378 g/mol. The maximum absolute atomic E-state index is 12.6. The molecule has 28 heavy (non-hydrogen) atoms. The van der Waals surface area contributed by atoms with Gasteiger partial charge in [0.25, 0.3) is 5.91 Å². The molecule has 8 heteroatoms. The van der Waals surface area contributed by atoms with Crippen LogP contribution < -0.4 is 14.8 Å². The second-order valence-corrected chi connectivity index (χ2v) is 7.11. The van der Waals surface area contributed by atoms with E-state index in [0.717, 1.165) is 11.3 Å². The number of carbonyl (C=O) groups excluding carboxylic acids is 1. The number of amides is 1. The first-order chi connectivity index (χ1) is 13.6. The van der Waals surface area contributed by atoms with Crippen molar-refractivity contribution in [2.24, 2.45) is 0 Å². The van der Waals surface area contributed by atoms with Crippen molar-refractivity contribution in [2.75, 3.05) is 25.3 Å². The third-order valence-electron chi connectivity index (χ3n) is 3.93. The predicted octanol–water partition coefficient (Wildman–Crippen LogP) is 4.04. The Hall–Kier alpha value is -3.00. The molecule has 0 aliphatic heterocycles. The lowest BCUT2D eigenvalue weighted by Crippen LogP contribution is -2.13. The number of ether oxygens (including phenoxy) is 2. The second-order valence-electron chi connectivity index (χ2n) is 5.78. The molecule has 0 saturated carbocycles. The molecule has 2 aromatic carbocycles. The number of nitrogens with zero attached hydrogens (tertiary/aromatic N) is 2. The standard InChI is InChI=1S/C20H21N3O4S/c1-4-28-15-8-5-13(6-9-15)11-18-22-23-20(27-18)21-19(24)16-12-14(25-2)7-10-17(16)26-3/h5-10,12H,4,11H2,1-3H3,(H,21,23,24). The Kier molecular flexibility index (Phi) is 6.54. The smallest absolute Gasteiger partial charge is 0.322 e. The molecule has 1 amide bonds. The number of rotatable bonds is 8. The predicted molar refractivity (Wildman–Crippen MR) is 107 cm³/mol. The van der Waals surface area contributed by atoms with Crippen molar-refractivity contribution in [2.45, 2.75) is 18.2 Å². The van der Waals surface area contributed by atoms with Crippen LogP contribution in [-0.4, -0.2) is 36.1 Å². The van der Waals surface area contributed by atoms with E-state index < -0.39 is 5.91 Å². The van der Waals surface area contributed by atoms with Crippen LogP contribution in [0.15, 0.2) is 51.8 Å². The van der Waals surface area contributed by atoms with Crippen LogP contribution in [0.5, 0.6) is 11.5 Å². The molecule has 3 aromatic rings. The Morgan fingerprint density at radius 3 is 2.57 bits per heavy atom. The van der Waals surface area contributed by atoms with Gasteiger partial charge >= 0.3 is 6.01 Å². The molecule has 1 aromatic heterocycles. The molecule has 0 bridgehead atoms. The molecule has 1 heterocycles. The third kappa shape index (κ3) is 4.83. The molecule has 0 aliphatic carbocycles. The third-order valence-corrected chi connectivity index (χ3v) is 4.82. The van der Waals surface area contributed by atoms with Crippen LogP contribution in [0.4, 0.5) is 6.01 Å². The van der Waals surface area contributed by atoms with Crippen LogP contribution >= 0.6 is 11.8 Å². The SMILES string of the molecule is CCSc1ccc(Cc2nnc(NC(=O)c3cc(OC)ccc3OC)o2)cc1. The highest BCUT2D eigenvalue weighted by atomic mass is 32.2. The van der Waals surface area contributed by atoms with Gasteiger partial charge in [-0.25, -0.2) is 0 Å². The van der Waals surface area contributed by atoms with E-state index >= 15 is 0 Å². The number of hydrogen-bond donors (Lipinski definition) is 1. The fourth-order valence-electron chi connectivity index (χ4n) is 2.58. The van der Waals surface area contributed by atoms with Gasteiger partial charge in [-0.05, 0) is 41.6 Å². The highest BCUT2D eigenvalue weighted by Crippen LogP contribution is 2.25. The second kappa shape index (κ2) is 9.27. The van der Waals surface area contributed by atoms with Crippen molar-refractivity contribution in [3.63, 3.8) is 0 Å². The van der Waals surface area contributed by atoms with Gasteiger partial charge in [-0.1, -0.05) is 24.2 Å². The minimum Gasteiger partial charge on any atom is -0.497 e. The molecular formula is C20H21N3O4S. The maximum atomic E-state index is 12.6. The summed E-state index contributed by atoms with van der Waals surface area (Å²) in [5, 5.41) is 10.5. The van der Waals surface area contributed by atoms with Crippen molar-refractivity contribution in [3.8, 4) is 11.5 Å². The summed E-state index contributed by atoms with van der Waals surface area (Å²) in [6.45, 7) is 2.12. The Balaban J connectivity index is 1.68. The molecule has 146 valence electrons. The summed E-state index contributed by atoms with van der Waals surface area (Å²) in [6.07, 6.45) is 0.489. The molecule has 7 nitrogen and oxygen atoms in total. The van der Waals surface area contributed by atoms with E-state index in [1.807, 2.05) is 12.1 Å². The van der Waals surface area contributed by atoms with Crippen molar-refractivity contribution in [3.05, 3.63) is 59.5 Å². The van der Waals surface area contributed by atoms with E-state index in [9.17, 15) is 4.79 Å². The van der Waals surface area contributed by atoms with Crippen LogP contribution in [-0.2, 0) is 6.42 Å². The monoisotopic (exact) mass is 399 g/mol. The van der Waals surface area contributed by atoms with E-state index in [4.69, 9.17) is 13.9 Å². The van der Waals surface area contributed by atoms with Gasteiger partial charge in [-0.15, -0.1) is 16.9 Å². The summed E-state index contributed by atoms with van der Waals surface area (Å²) in [5.41, 5.74) is 1.36. The lowest BCUT2D eigenvalue weighted by atomic mass is 10.1. The number of methoxy groups -OCH3 is 2. The fourth-order valence-corrected chi connectivity index (χ4v) is 3.24. The first-order valence-corrected chi connectivity index (χ1v) is 9.69. The average Bonchev–Trinajstić information content (AvgIpc) is 3.15. The topological polar surface area (TPSA) is 86.5 Å². The molecule has 1 N–H and O–H groups in total. The molecule has 0 atom stereocenters. The minimum absolute atomic E-state index is 0.0306. The normalized spacial score (nSPS) is 10.5. The zero-order chi connectivity index (χ0) is 19.9. The lowest BCUT2D eigenvalue weighted by Gasteiger charge is -2.09. The average molecular weight is 399 g/mol. The molecule has 0 fully saturated rings. The van der Waals surface area contributed by atoms with Gasteiger partial charge in [-0.3, -0.25) is 10.1 Å². The summed E-state index contributed by atoms with van der Waals surface area (Å²) < 4.78 is 15.9. The van der Waals surface area contributed by atoms with Gasteiger partial charge in [0, 0.05) is 4.90 Å². The van der Waals surface area contributed by atoms with Crippen molar-refractivity contribution >= 4 is 23.7 Å². The summed E-state index contributed by atoms with van der Waals surface area (Å²) in [5.74, 6) is 1.99. The molecule has 0 aliphatic rings.